The molecule has 4 heterocycles. The summed E-state index contributed by atoms with van der Waals surface area (Å²) in [6.45, 7) is 4.74. The quantitative estimate of drug-likeness (QED) is 0.606. The van der Waals surface area contributed by atoms with Gasteiger partial charge in [-0.2, -0.15) is 4.98 Å². The van der Waals surface area contributed by atoms with Crippen molar-refractivity contribution >= 4 is 17.2 Å². The molecule has 0 aliphatic carbocycles. The number of piperazine rings is 1. The molecule has 0 bridgehead atoms. The Bertz CT molecular complexity index is 995. The fourth-order valence-corrected chi connectivity index (χ4v) is 4.74. The molecule has 0 spiro atoms. The van der Waals surface area contributed by atoms with E-state index in [9.17, 15) is 4.79 Å². The summed E-state index contributed by atoms with van der Waals surface area (Å²) in [6.07, 6.45) is 1.73. The molecule has 1 amide bonds. The average Bonchev–Trinajstić information content (AvgIpc) is 3.54. The van der Waals surface area contributed by atoms with Gasteiger partial charge in [0.25, 0.3) is 0 Å². The fraction of sp³-hybridized carbons (Fsp3) is 0.409. The maximum atomic E-state index is 13.0. The van der Waals surface area contributed by atoms with Crippen molar-refractivity contribution in [2.75, 3.05) is 39.3 Å². The Morgan fingerprint density at radius 1 is 1.13 bits per heavy atom. The van der Waals surface area contributed by atoms with Crippen LogP contribution in [0, 0.1) is 0 Å². The molecule has 1 saturated heterocycles. The molecule has 1 aromatic carbocycles. The molecule has 156 valence electrons. The summed E-state index contributed by atoms with van der Waals surface area (Å²) < 4.78 is 11.1. The molecule has 1 atom stereocenters. The van der Waals surface area contributed by atoms with Crippen molar-refractivity contribution in [2.45, 2.75) is 18.8 Å². The maximum Gasteiger partial charge on any atom is 0.233 e. The van der Waals surface area contributed by atoms with Crippen molar-refractivity contribution in [3.63, 3.8) is 0 Å². The van der Waals surface area contributed by atoms with Gasteiger partial charge in [0.05, 0.1) is 4.88 Å². The average molecular weight is 425 g/mol. The van der Waals surface area contributed by atoms with Gasteiger partial charge in [0.15, 0.2) is 0 Å². The molecule has 0 radical (unpaired) electrons. The van der Waals surface area contributed by atoms with Gasteiger partial charge in [-0.25, -0.2) is 0 Å². The molecule has 8 heteroatoms. The lowest BCUT2D eigenvalue weighted by atomic mass is 9.99. The van der Waals surface area contributed by atoms with Gasteiger partial charge in [-0.15, -0.1) is 11.3 Å². The maximum absolute atomic E-state index is 13.0. The molecular weight excluding hydrogens is 400 g/mol. The van der Waals surface area contributed by atoms with Crippen LogP contribution in [0.4, 0.5) is 0 Å². The highest BCUT2D eigenvalue weighted by Gasteiger charge is 2.34. The third-order valence-corrected chi connectivity index (χ3v) is 6.62. The molecule has 5 rings (SSSR count). The Balaban J connectivity index is 1.07. The second-order valence-electron chi connectivity index (χ2n) is 7.66. The lowest BCUT2D eigenvalue weighted by Crippen LogP contribution is -2.50. The van der Waals surface area contributed by atoms with Crippen molar-refractivity contribution in [3.8, 4) is 16.5 Å². The largest absolute Gasteiger partial charge is 0.492 e. The van der Waals surface area contributed by atoms with E-state index in [1.807, 2.05) is 46.7 Å². The smallest absolute Gasteiger partial charge is 0.233 e. The number of hydrogen-bond donors (Lipinski definition) is 0. The predicted octanol–water partition coefficient (Wildman–Crippen LogP) is 3.05. The van der Waals surface area contributed by atoms with Crippen LogP contribution in [0.15, 0.2) is 46.3 Å². The normalized spacial score (nSPS) is 18.9. The molecule has 1 fully saturated rings. The van der Waals surface area contributed by atoms with Gasteiger partial charge in [0.1, 0.15) is 18.3 Å². The number of carbonyl (C=O) groups excluding carboxylic acids is 1. The molecule has 3 aromatic rings. The second-order valence-corrected chi connectivity index (χ2v) is 8.61. The lowest BCUT2D eigenvalue weighted by molar-refractivity contribution is -0.134. The summed E-state index contributed by atoms with van der Waals surface area (Å²) in [5, 5.41) is 6.07. The molecule has 30 heavy (non-hydrogen) atoms. The number of carbonyl (C=O) groups is 1. The van der Waals surface area contributed by atoms with Crippen molar-refractivity contribution in [1.82, 2.24) is 19.9 Å². The first kappa shape index (κ1) is 19.3. The number of nitrogens with zero attached hydrogens (tertiary/aromatic N) is 4. The first-order valence-corrected chi connectivity index (χ1v) is 11.3. The summed E-state index contributed by atoms with van der Waals surface area (Å²) in [5.74, 6) is 2.23. The number of fused-ring (bicyclic) bond motifs is 1. The van der Waals surface area contributed by atoms with E-state index in [1.54, 1.807) is 11.3 Å². The van der Waals surface area contributed by atoms with E-state index in [0.717, 1.165) is 61.8 Å². The van der Waals surface area contributed by atoms with E-state index in [-0.39, 0.29) is 11.8 Å². The van der Waals surface area contributed by atoms with Gasteiger partial charge < -0.3 is 14.2 Å². The first-order valence-electron chi connectivity index (χ1n) is 10.4. The van der Waals surface area contributed by atoms with Crippen molar-refractivity contribution in [2.24, 2.45) is 0 Å². The zero-order chi connectivity index (χ0) is 20.3. The van der Waals surface area contributed by atoms with Crippen LogP contribution in [0.3, 0.4) is 0 Å². The SMILES string of the molecule is O=C(C1COc2ccccc21)N1CCN(CCCc2nc(-c3cccs3)no2)CC1. The van der Waals surface area contributed by atoms with Gasteiger partial charge in [-0.1, -0.05) is 29.4 Å². The van der Waals surface area contributed by atoms with Gasteiger partial charge in [-0.3, -0.25) is 9.69 Å². The summed E-state index contributed by atoms with van der Waals surface area (Å²) in [6, 6.07) is 11.8. The molecule has 1 unspecified atom stereocenters. The highest BCUT2D eigenvalue weighted by Crippen LogP contribution is 2.34. The Morgan fingerprint density at radius 2 is 2.00 bits per heavy atom. The number of rotatable bonds is 6. The second kappa shape index (κ2) is 8.57. The summed E-state index contributed by atoms with van der Waals surface area (Å²) in [4.78, 5) is 22.9. The molecule has 2 aromatic heterocycles. The molecule has 0 saturated carbocycles. The van der Waals surface area contributed by atoms with Crippen LogP contribution in [0.2, 0.25) is 0 Å². The van der Waals surface area contributed by atoms with Crippen LogP contribution in [0.25, 0.3) is 10.7 Å². The standard InChI is InChI=1S/C22H24N4O3S/c27-22(17-15-28-18-6-2-1-5-16(17)18)26-12-10-25(11-13-26)9-3-8-20-23-21(24-29-20)19-7-4-14-30-19/h1-2,4-7,14,17H,3,8-13,15H2. The molecular formula is C22H24N4O3S. The van der Waals surface area contributed by atoms with E-state index < -0.39 is 0 Å². The number of thiophene rings is 1. The highest BCUT2D eigenvalue weighted by molar-refractivity contribution is 7.13. The monoisotopic (exact) mass is 424 g/mol. The Hall–Kier alpha value is -2.71. The number of benzene rings is 1. The number of aryl methyl sites for hydroxylation is 1. The van der Waals surface area contributed by atoms with Crippen LogP contribution in [-0.2, 0) is 11.2 Å². The van der Waals surface area contributed by atoms with Gasteiger partial charge in [0, 0.05) is 38.2 Å². The number of hydrogen-bond acceptors (Lipinski definition) is 7. The van der Waals surface area contributed by atoms with Crippen LogP contribution in [0.5, 0.6) is 5.75 Å². The van der Waals surface area contributed by atoms with Crippen molar-refractivity contribution in [1.29, 1.82) is 0 Å². The lowest BCUT2D eigenvalue weighted by Gasteiger charge is -2.35. The van der Waals surface area contributed by atoms with E-state index >= 15 is 0 Å². The summed E-state index contributed by atoms with van der Waals surface area (Å²) >= 11 is 1.61. The van der Waals surface area contributed by atoms with Crippen LogP contribution >= 0.6 is 11.3 Å². The molecule has 0 N–H and O–H groups in total. The fourth-order valence-electron chi connectivity index (χ4n) is 4.10. The first-order chi connectivity index (χ1) is 14.8. The number of amides is 1. The van der Waals surface area contributed by atoms with E-state index in [4.69, 9.17) is 9.26 Å². The predicted molar refractivity (Wildman–Crippen MR) is 114 cm³/mol. The zero-order valence-electron chi connectivity index (χ0n) is 16.7. The van der Waals surface area contributed by atoms with E-state index in [0.29, 0.717) is 18.3 Å². The minimum atomic E-state index is -0.164. The Kier molecular flexibility index (Phi) is 5.50. The van der Waals surface area contributed by atoms with Gasteiger partial charge in [0.2, 0.25) is 17.6 Å². The molecule has 2 aliphatic heterocycles. The highest BCUT2D eigenvalue weighted by atomic mass is 32.1. The minimum absolute atomic E-state index is 0.164. The number of aromatic nitrogens is 2. The van der Waals surface area contributed by atoms with Crippen molar-refractivity contribution < 1.29 is 14.1 Å². The molecule has 7 nitrogen and oxygen atoms in total. The van der Waals surface area contributed by atoms with E-state index in [2.05, 4.69) is 15.0 Å². The van der Waals surface area contributed by atoms with Crippen LogP contribution in [-0.4, -0.2) is 65.2 Å². The number of ether oxygens (including phenoxy) is 1. The summed E-state index contributed by atoms with van der Waals surface area (Å²) in [7, 11) is 0. The van der Waals surface area contributed by atoms with Gasteiger partial charge >= 0.3 is 0 Å². The Morgan fingerprint density at radius 3 is 2.83 bits per heavy atom. The zero-order valence-corrected chi connectivity index (χ0v) is 17.5. The van der Waals surface area contributed by atoms with Gasteiger partial charge in [-0.05, 0) is 30.5 Å². The van der Waals surface area contributed by atoms with Crippen molar-refractivity contribution in [3.05, 3.63) is 53.2 Å². The minimum Gasteiger partial charge on any atom is -0.492 e. The third-order valence-electron chi connectivity index (χ3n) is 5.76. The number of para-hydroxylation sites is 1. The van der Waals surface area contributed by atoms with E-state index in [1.165, 1.54) is 0 Å². The summed E-state index contributed by atoms with van der Waals surface area (Å²) in [5.41, 5.74) is 1.02. The third kappa shape index (κ3) is 3.97. The molecule has 2 aliphatic rings. The Labute approximate surface area is 179 Å². The topological polar surface area (TPSA) is 71.7 Å². The van der Waals surface area contributed by atoms with Crippen LogP contribution < -0.4 is 4.74 Å². The van der Waals surface area contributed by atoms with Crippen LogP contribution in [0.1, 0.15) is 23.8 Å².